The maximum atomic E-state index is 14.7. The van der Waals surface area contributed by atoms with Crippen molar-refractivity contribution in [1.29, 1.82) is 0 Å². The first kappa shape index (κ1) is 35.9. The SMILES string of the molecule is C=C[C@H]1C[C@]1(NC(=O)[C@@H]1C[C@@H]2CN1C(=O)[C@H](C1CCCC1)N[C@H](C)CCCCCCc1cccc3c1CN(C3)C(=O)O2)C(=O)NS(=O)(=O)C1CC1. The monoisotopic (exact) mass is 723 g/mol. The Morgan fingerprint density at radius 3 is 2.45 bits per heavy atom. The molecule has 3 N–H and O–H groups in total. The van der Waals surface area contributed by atoms with Gasteiger partial charge in [-0.2, -0.15) is 0 Å². The molecule has 1 aromatic carbocycles. The molecule has 12 nitrogen and oxygen atoms in total. The van der Waals surface area contributed by atoms with Crippen LogP contribution >= 0.6 is 0 Å². The molecule has 13 heteroatoms. The summed E-state index contributed by atoms with van der Waals surface area (Å²) < 4.78 is 33.7. The van der Waals surface area contributed by atoms with E-state index in [9.17, 15) is 27.6 Å². The van der Waals surface area contributed by atoms with Crippen molar-refractivity contribution in [3.63, 3.8) is 0 Å². The second-order valence-corrected chi connectivity index (χ2v) is 17.8. The molecule has 0 radical (unpaired) electrons. The maximum Gasteiger partial charge on any atom is 0.410 e. The fourth-order valence-electron chi connectivity index (χ4n) is 8.85. The van der Waals surface area contributed by atoms with Crippen molar-refractivity contribution in [3.8, 4) is 0 Å². The molecule has 4 bridgehead atoms. The van der Waals surface area contributed by atoms with Crippen LogP contribution in [0.5, 0.6) is 0 Å². The van der Waals surface area contributed by atoms with Crippen molar-refractivity contribution in [2.75, 3.05) is 6.54 Å². The van der Waals surface area contributed by atoms with Gasteiger partial charge in [0.15, 0.2) is 0 Å². The molecule has 3 heterocycles. The molecule has 3 aliphatic heterocycles. The summed E-state index contributed by atoms with van der Waals surface area (Å²) in [4.78, 5) is 59.3. The fraction of sp³-hybridized carbons (Fsp3) is 0.684. The van der Waals surface area contributed by atoms with Gasteiger partial charge < -0.3 is 20.3 Å². The van der Waals surface area contributed by atoms with Crippen molar-refractivity contribution in [2.24, 2.45) is 11.8 Å². The van der Waals surface area contributed by atoms with Gasteiger partial charge in [0.05, 0.1) is 17.8 Å². The van der Waals surface area contributed by atoms with Crippen LogP contribution in [0.1, 0.15) is 107 Å². The van der Waals surface area contributed by atoms with E-state index in [1.165, 1.54) is 11.1 Å². The number of ether oxygens (including phenoxy) is 1. The lowest BCUT2D eigenvalue weighted by molar-refractivity contribution is -0.142. The van der Waals surface area contributed by atoms with Crippen LogP contribution in [0.25, 0.3) is 0 Å². The molecule has 7 rings (SSSR count). The number of hydrogen-bond acceptors (Lipinski definition) is 8. The summed E-state index contributed by atoms with van der Waals surface area (Å²) in [6, 6.07) is 4.84. The van der Waals surface area contributed by atoms with E-state index < -0.39 is 62.8 Å². The molecule has 0 unspecified atom stereocenters. The first-order valence-corrected chi connectivity index (χ1v) is 20.7. The summed E-state index contributed by atoms with van der Waals surface area (Å²) in [6.07, 6.45) is 11.7. The number of carbonyl (C=O) groups is 4. The Hall–Kier alpha value is -3.45. The Morgan fingerprint density at radius 2 is 1.73 bits per heavy atom. The average molecular weight is 724 g/mol. The molecule has 278 valence electrons. The third kappa shape index (κ3) is 7.56. The minimum absolute atomic E-state index is 0.0497. The molecule has 3 aliphatic carbocycles. The van der Waals surface area contributed by atoms with Gasteiger partial charge in [-0.05, 0) is 80.9 Å². The number of benzene rings is 1. The van der Waals surface area contributed by atoms with Crippen LogP contribution in [0, 0.1) is 11.8 Å². The summed E-state index contributed by atoms with van der Waals surface area (Å²) in [6.45, 7) is 6.87. The van der Waals surface area contributed by atoms with Crippen LogP contribution in [0.4, 0.5) is 4.79 Å². The third-order valence-electron chi connectivity index (χ3n) is 12.1. The molecular weight excluding hydrogens is 671 g/mol. The number of nitrogens with zero attached hydrogens (tertiary/aromatic N) is 2. The molecule has 0 spiro atoms. The summed E-state index contributed by atoms with van der Waals surface area (Å²) in [5.41, 5.74) is 2.09. The molecule has 4 amide bonds. The van der Waals surface area contributed by atoms with Crippen LogP contribution in [-0.2, 0) is 48.7 Å². The van der Waals surface area contributed by atoms with Crippen LogP contribution < -0.4 is 15.4 Å². The van der Waals surface area contributed by atoms with Gasteiger partial charge in [-0.15, -0.1) is 6.58 Å². The van der Waals surface area contributed by atoms with Gasteiger partial charge in [0.2, 0.25) is 21.8 Å². The van der Waals surface area contributed by atoms with Crippen molar-refractivity contribution >= 4 is 33.8 Å². The van der Waals surface area contributed by atoms with E-state index >= 15 is 0 Å². The number of sulfonamides is 1. The van der Waals surface area contributed by atoms with Crippen LogP contribution in [0.15, 0.2) is 30.9 Å². The van der Waals surface area contributed by atoms with E-state index in [2.05, 4.69) is 47.1 Å². The first-order chi connectivity index (χ1) is 24.5. The van der Waals surface area contributed by atoms with E-state index in [1.807, 2.05) is 0 Å². The van der Waals surface area contributed by atoms with Gasteiger partial charge in [0.1, 0.15) is 17.7 Å². The first-order valence-electron chi connectivity index (χ1n) is 19.1. The minimum Gasteiger partial charge on any atom is -0.444 e. The quantitative estimate of drug-likeness (QED) is 0.359. The van der Waals surface area contributed by atoms with Crippen molar-refractivity contribution < 1.29 is 32.3 Å². The van der Waals surface area contributed by atoms with Gasteiger partial charge >= 0.3 is 6.09 Å². The summed E-state index contributed by atoms with van der Waals surface area (Å²) in [7, 11) is -3.85. The van der Waals surface area contributed by atoms with Crippen molar-refractivity contribution in [1.82, 2.24) is 25.2 Å². The molecule has 4 fully saturated rings. The molecule has 0 aromatic heterocycles. The van der Waals surface area contributed by atoms with Crippen molar-refractivity contribution in [3.05, 3.63) is 47.5 Å². The van der Waals surface area contributed by atoms with Crippen molar-refractivity contribution in [2.45, 2.75) is 145 Å². The Kier molecular flexibility index (Phi) is 10.2. The lowest BCUT2D eigenvalue weighted by Gasteiger charge is -2.33. The molecule has 1 saturated heterocycles. The fourth-order valence-corrected chi connectivity index (χ4v) is 10.2. The molecular formula is C38H53N5O7S. The van der Waals surface area contributed by atoms with Gasteiger partial charge in [0.25, 0.3) is 5.91 Å². The van der Waals surface area contributed by atoms with E-state index in [-0.39, 0.29) is 37.3 Å². The summed E-state index contributed by atoms with van der Waals surface area (Å²) in [5, 5.41) is 5.92. The van der Waals surface area contributed by atoms with Gasteiger partial charge in [-0.3, -0.25) is 24.0 Å². The average Bonchev–Trinajstić information content (AvgIpc) is 3.88. The number of carbonyl (C=O) groups excluding carboxylic acids is 4. The highest BCUT2D eigenvalue weighted by molar-refractivity contribution is 7.91. The van der Waals surface area contributed by atoms with Gasteiger partial charge in [-0.1, -0.05) is 56.4 Å². The lowest BCUT2D eigenvalue weighted by Crippen LogP contribution is -2.59. The molecule has 6 aliphatic rings. The van der Waals surface area contributed by atoms with Gasteiger partial charge in [0, 0.05) is 31.5 Å². The van der Waals surface area contributed by atoms with Crippen LogP contribution in [-0.4, -0.2) is 83.6 Å². The Labute approximate surface area is 301 Å². The Bertz CT molecular complexity index is 1660. The number of rotatable bonds is 7. The standard InChI is InChI=1S/C38H53N5O7S/c1-3-28-20-38(28,36(46)41-51(48,49)30-17-18-30)40-34(44)32-19-29-22-43(32)35(45)33(26-13-8-9-14-26)39-24(2)11-6-4-5-7-12-25-15-10-16-27-21-42(23-31(25)27)37(47)50-29/h3,10,15-16,24,26,28-30,32-33,39H,1,4-9,11-14,17-23H2,2H3,(H,40,44)(H,41,46)/t24-,28+,29-,32+,33+,38-/m1/s1. The second kappa shape index (κ2) is 14.5. The zero-order valence-corrected chi connectivity index (χ0v) is 30.6. The van der Waals surface area contributed by atoms with E-state index in [0.717, 1.165) is 69.8 Å². The third-order valence-corrected chi connectivity index (χ3v) is 14.0. The Balaban J connectivity index is 1.15. The maximum absolute atomic E-state index is 14.7. The van der Waals surface area contributed by atoms with E-state index in [1.54, 1.807) is 15.9 Å². The number of aryl methyl sites for hydroxylation is 1. The minimum atomic E-state index is -3.85. The highest BCUT2D eigenvalue weighted by Gasteiger charge is 2.62. The largest absolute Gasteiger partial charge is 0.444 e. The predicted molar refractivity (Wildman–Crippen MR) is 190 cm³/mol. The summed E-state index contributed by atoms with van der Waals surface area (Å²) in [5.74, 6) is -1.89. The molecule has 6 atom stereocenters. The zero-order valence-electron chi connectivity index (χ0n) is 29.7. The smallest absolute Gasteiger partial charge is 0.410 e. The normalized spacial score (nSPS) is 32.1. The summed E-state index contributed by atoms with van der Waals surface area (Å²) >= 11 is 0. The zero-order chi connectivity index (χ0) is 35.9. The number of fused-ring (bicyclic) bond motifs is 3. The number of nitrogens with one attached hydrogen (secondary N) is 3. The van der Waals surface area contributed by atoms with Gasteiger partial charge in [-0.25, -0.2) is 13.2 Å². The van der Waals surface area contributed by atoms with E-state index in [4.69, 9.17) is 4.74 Å². The molecule has 1 aromatic rings. The van der Waals surface area contributed by atoms with Crippen LogP contribution in [0.2, 0.25) is 0 Å². The second-order valence-electron chi connectivity index (χ2n) is 15.9. The highest BCUT2D eigenvalue weighted by atomic mass is 32.2. The molecule has 51 heavy (non-hydrogen) atoms. The molecule has 3 saturated carbocycles. The number of hydrogen-bond donors (Lipinski definition) is 3. The predicted octanol–water partition coefficient (Wildman–Crippen LogP) is 3.82. The topological polar surface area (TPSA) is 154 Å². The number of amides is 4. The highest BCUT2D eigenvalue weighted by Crippen LogP contribution is 2.45. The van der Waals surface area contributed by atoms with E-state index in [0.29, 0.717) is 25.9 Å². The Morgan fingerprint density at radius 1 is 1.00 bits per heavy atom. The van der Waals surface area contributed by atoms with Crippen LogP contribution in [0.3, 0.4) is 0 Å². The lowest BCUT2D eigenvalue weighted by atomic mass is 9.94.